The van der Waals surface area contributed by atoms with Gasteiger partial charge in [0.05, 0.1) is 0 Å². The largest absolute Gasteiger partial charge is 0.371 e. The van der Waals surface area contributed by atoms with Gasteiger partial charge in [-0.15, -0.1) is 0 Å². The van der Waals surface area contributed by atoms with Crippen LogP contribution in [0.1, 0.15) is 60.3 Å². The lowest BCUT2D eigenvalue weighted by molar-refractivity contribution is 0.165. The van der Waals surface area contributed by atoms with Crippen LogP contribution in [-0.2, 0) is 0 Å². The quantitative estimate of drug-likeness (QED) is 0.691. The van der Waals surface area contributed by atoms with Crippen molar-refractivity contribution >= 4 is 18.0 Å². The van der Waals surface area contributed by atoms with Gasteiger partial charge in [0.15, 0.2) is 0 Å². The van der Waals surface area contributed by atoms with E-state index >= 15 is 0 Å². The maximum atomic E-state index is 3.92. The van der Waals surface area contributed by atoms with Crippen molar-refractivity contribution in [2.75, 3.05) is 25.0 Å². The van der Waals surface area contributed by atoms with E-state index in [1.165, 1.54) is 36.8 Å². The normalized spacial score (nSPS) is 16.8. The lowest BCUT2D eigenvalue weighted by Gasteiger charge is -2.44. The molecule has 146 valence electrons. The predicted molar refractivity (Wildman–Crippen MR) is 118 cm³/mol. The number of piperidine rings is 1. The summed E-state index contributed by atoms with van der Waals surface area (Å²) < 4.78 is 0. The van der Waals surface area contributed by atoms with Gasteiger partial charge in [-0.1, -0.05) is 51.6 Å². The molecule has 2 N–H and O–H groups in total. The number of benzene rings is 1. The van der Waals surface area contributed by atoms with Crippen molar-refractivity contribution in [3.8, 4) is 0 Å². The standard InChI is InChI=1S/C22H40BN3/c1-8-14-21(2,3)22(4,5)25-23(6)18-10-9-11-20(17-18)26-15-12-19(24-7)13-16-26/h9-11,17,19,24-25H,8,12-16H2,1-7H3. The Balaban J connectivity index is 2.07. The number of nitrogens with one attached hydrogen (secondary N) is 2. The van der Waals surface area contributed by atoms with Gasteiger partial charge in [-0.2, -0.15) is 0 Å². The summed E-state index contributed by atoms with van der Waals surface area (Å²) in [6.07, 6.45) is 4.92. The van der Waals surface area contributed by atoms with Crippen molar-refractivity contribution in [1.29, 1.82) is 0 Å². The Bertz CT molecular complexity index is 562. The smallest absolute Gasteiger partial charge is 0.252 e. The van der Waals surface area contributed by atoms with Crippen LogP contribution < -0.4 is 20.9 Å². The summed E-state index contributed by atoms with van der Waals surface area (Å²) in [6, 6.07) is 9.82. The van der Waals surface area contributed by atoms with Gasteiger partial charge in [-0.25, -0.2) is 0 Å². The Morgan fingerprint density at radius 3 is 2.38 bits per heavy atom. The molecule has 1 fully saturated rings. The summed E-state index contributed by atoms with van der Waals surface area (Å²) in [5.74, 6) is 0. The minimum absolute atomic E-state index is 0.0869. The fourth-order valence-corrected chi connectivity index (χ4v) is 4.17. The van der Waals surface area contributed by atoms with Gasteiger partial charge in [-0.05, 0) is 57.7 Å². The molecule has 4 heteroatoms. The van der Waals surface area contributed by atoms with Gasteiger partial charge in [0, 0.05) is 30.4 Å². The Morgan fingerprint density at radius 2 is 1.81 bits per heavy atom. The minimum atomic E-state index is 0.0869. The highest BCUT2D eigenvalue weighted by molar-refractivity contribution is 6.69. The average molecular weight is 357 g/mol. The Hall–Kier alpha value is -0.995. The summed E-state index contributed by atoms with van der Waals surface area (Å²) in [5, 5.41) is 7.33. The highest BCUT2D eigenvalue weighted by Gasteiger charge is 2.37. The van der Waals surface area contributed by atoms with Crippen molar-refractivity contribution in [2.45, 2.75) is 78.7 Å². The fourth-order valence-electron chi connectivity index (χ4n) is 4.17. The van der Waals surface area contributed by atoms with Crippen LogP contribution in [0.3, 0.4) is 0 Å². The molecular weight excluding hydrogens is 317 g/mol. The highest BCUT2D eigenvalue weighted by Crippen LogP contribution is 2.35. The highest BCUT2D eigenvalue weighted by atomic mass is 15.1. The van der Waals surface area contributed by atoms with Crippen LogP contribution in [0.4, 0.5) is 5.69 Å². The maximum Gasteiger partial charge on any atom is 0.252 e. The van der Waals surface area contributed by atoms with Crippen LogP contribution >= 0.6 is 0 Å². The fraction of sp³-hybridized carbons (Fsp3) is 0.727. The zero-order valence-electron chi connectivity index (χ0n) is 18.2. The van der Waals surface area contributed by atoms with Crippen molar-refractivity contribution in [3.63, 3.8) is 0 Å². The second-order valence-electron chi connectivity index (χ2n) is 9.27. The van der Waals surface area contributed by atoms with E-state index in [1.807, 2.05) is 0 Å². The van der Waals surface area contributed by atoms with Crippen molar-refractivity contribution < 1.29 is 0 Å². The molecule has 0 amide bonds. The lowest BCUT2D eigenvalue weighted by atomic mass is 9.55. The first-order chi connectivity index (χ1) is 12.2. The topological polar surface area (TPSA) is 27.3 Å². The molecule has 1 aliphatic heterocycles. The Kier molecular flexibility index (Phi) is 7.21. The van der Waals surface area contributed by atoms with Gasteiger partial charge in [-0.3, -0.25) is 0 Å². The number of nitrogens with zero attached hydrogens (tertiary/aromatic N) is 1. The van der Waals surface area contributed by atoms with E-state index < -0.39 is 0 Å². The zero-order valence-corrected chi connectivity index (χ0v) is 18.2. The van der Waals surface area contributed by atoms with Gasteiger partial charge in [0.2, 0.25) is 0 Å². The number of hydrogen-bond donors (Lipinski definition) is 2. The van der Waals surface area contributed by atoms with E-state index in [-0.39, 0.29) is 11.0 Å². The van der Waals surface area contributed by atoms with Crippen LogP contribution in [0.5, 0.6) is 0 Å². The molecule has 0 spiro atoms. The van der Waals surface area contributed by atoms with E-state index in [1.54, 1.807) is 0 Å². The van der Waals surface area contributed by atoms with Gasteiger partial charge < -0.3 is 15.4 Å². The first-order valence-corrected chi connectivity index (χ1v) is 10.5. The summed E-state index contributed by atoms with van der Waals surface area (Å²) in [4.78, 5) is 2.54. The summed E-state index contributed by atoms with van der Waals surface area (Å²) >= 11 is 0. The van der Waals surface area contributed by atoms with E-state index in [0.29, 0.717) is 12.9 Å². The second kappa shape index (κ2) is 8.80. The first kappa shape index (κ1) is 21.3. The van der Waals surface area contributed by atoms with Crippen LogP contribution in [0.15, 0.2) is 24.3 Å². The molecule has 1 heterocycles. The van der Waals surface area contributed by atoms with Crippen LogP contribution in [0, 0.1) is 5.41 Å². The summed E-state index contributed by atoms with van der Waals surface area (Å²) in [5.41, 5.74) is 3.11. The van der Waals surface area contributed by atoms with Crippen molar-refractivity contribution in [1.82, 2.24) is 10.5 Å². The summed E-state index contributed by atoms with van der Waals surface area (Å²) in [6.45, 7) is 16.7. The number of rotatable bonds is 8. The Labute approximate surface area is 162 Å². The summed E-state index contributed by atoms with van der Waals surface area (Å²) in [7, 11) is 2.08. The molecule has 0 atom stereocenters. The maximum absolute atomic E-state index is 3.92. The predicted octanol–water partition coefficient (Wildman–Crippen LogP) is 3.90. The zero-order chi connectivity index (χ0) is 19.4. The molecule has 26 heavy (non-hydrogen) atoms. The van der Waals surface area contributed by atoms with E-state index in [2.05, 4.69) is 88.2 Å². The molecule has 1 aliphatic rings. The average Bonchev–Trinajstić information content (AvgIpc) is 2.61. The molecule has 0 aliphatic carbocycles. The lowest BCUT2D eigenvalue weighted by Crippen LogP contribution is -2.59. The molecule has 0 saturated carbocycles. The number of anilines is 1. The number of hydrogen-bond acceptors (Lipinski definition) is 3. The van der Waals surface area contributed by atoms with E-state index in [4.69, 9.17) is 0 Å². The molecule has 0 bridgehead atoms. The van der Waals surface area contributed by atoms with E-state index in [9.17, 15) is 0 Å². The van der Waals surface area contributed by atoms with Gasteiger partial charge >= 0.3 is 0 Å². The molecule has 1 saturated heterocycles. The van der Waals surface area contributed by atoms with Crippen LogP contribution in [-0.4, -0.2) is 38.6 Å². The molecule has 0 radical (unpaired) electrons. The van der Waals surface area contributed by atoms with Crippen molar-refractivity contribution in [2.24, 2.45) is 5.41 Å². The van der Waals surface area contributed by atoms with Crippen LogP contribution in [0.2, 0.25) is 6.82 Å². The SMILES string of the molecule is CCCC(C)(C)C(C)(C)NB(C)c1cccc(N2CCC(NC)CC2)c1. The third-order valence-electron chi connectivity index (χ3n) is 6.78. The molecule has 0 aromatic heterocycles. The molecule has 1 aromatic carbocycles. The molecule has 0 unspecified atom stereocenters. The van der Waals surface area contributed by atoms with Gasteiger partial charge in [0.1, 0.15) is 0 Å². The second-order valence-corrected chi connectivity index (χ2v) is 9.27. The molecular formula is C22H40BN3. The molecule has 3 nitrogen and oxygen atoms in total. The van der Waals surface area contributed by atoms with Gasteiger partial charge in [0.25, 0.3) is 6.85 Å². The Morgan fingerprint density at radius 1 is 1.15 bits per heavy atom. The van der Waals surface area contributed by atoms with Crippen molar-refractivity contribution in [3.05, 3.63) is 24.3 Å². The minimum Gasteiger partial charge on any atom is -0.371 e. The van der Waals surface area contributed by atoms with E-state index in [0.717, 1.165) is 13.1 Å². The first-order valence-electron chi connectivity index (χ1n) is 10.5. The third kappa shape index (κ3) is 5.04. The molecule has 2 rings (SSSR count). The monoisotopic (exact) mass is 357 g/mol. The third-order valence-corrected chi connectivity index (χ3v) is 6.78. The molecule has 1 aromatic rings. The van der Waals surface area contributed by atoms with Crippen LogP contribution in [0.25, 0.3) is 0 Å².